The van der Waals surface area contributed by atoms with Gasteiger partial charge in [-0.2, -0.15) is 52.7 Å². The molecule has 0 amide bonds. The molecular weight excluding hydrogens is 604 g/mol. The number of rotatable bonds is 4. The number of allylic oxidation sites excluding steroid dienone is 1. The summed E-state index contributed by atoms with van der Waals surface area (Å²) in [6, 6.07) is 0. The third-order valence-electron chi connectivity index (χ3n) is 8.04. The smallest absolute Gasteiger partial charge is 0.430 e. The second-order valence-corrected chi connectivity index (χ2v) is 10.4. The molecule has 3 saturated carbocycles. The van der Waals surface area contributed by atoms with Crippen LogP contribution in [-0.4, -0.2) is 60.3 Å². The van der Waals surface area contributed by atoms with Crippen molar-refractivity contribution in [1.29, 1.82) is 0 Å². The SMILES string of the molecule is C=COC.C=COC.OC(C1=CC2CCC1C2)(C(F)(F)F)C(F)(F)F.OC(C1CC2CCC1C2)(C(F)(F)F)C(F)(F)F. The van der Waals surface area contributed by atoms with Gasteiger partial charge in [0.15, 0.2) is 0 Å². The average molecular weight is 639 g/mol. The van der Waals surface area contributed by atoms with Gasteiger partial charge in [0.25, 0.3) is 11.2 Å². The van der Waals surface area contributed by atoms with Crippen molar-refractivity contribution < 1.29 is 72.4 Å². The highest BCUT2D eigenvalue weighted by molar-refractivity contribution is 5.32. The molecule has 4 aliphatic rings. The summed E-state index contributed by atoms with van der Waals surface area (Å²) in [5, 5.41) is 18.4. The molecule has 0 saturated heterocycles. The highest BCUT2D eigenvalue weighted by Crippen LogP contribution is 2.60. The molecule has 0 aromatic heterocycles. The van der Waals surface area contributed by atoms with Crippen molar-refractivity contribution in [2.75, 3.05) is 14.2 Å². The number of halogens is 12. The van der Waals surface area contributed by atoms with Crippen LogP contribution < -0.4 is 0 Å². The molecule has 0 spiro atoms. The minimum absolute atomic E-state index is 0.0961. The van der Waals surface area contributed by atoms with Gasteiger partial charge in [-0.1, -0.05) is 25.7 Å². The van der Waals surface area contributed by atoms with Crippen molar-refractivity contribution in [3.63, 3.8) is 0 Å². The van der Waals surface area contributed by atoms with E-state index in [4.69, 9.17) is 0 Å². The summed E-state index contributed by atoms with van der Waals surface area (Å²) in [4.78, 5) is 0. The van der Waals surface area contributed by atoms with Crippen molar-refractivity contribution in [2.24, 2.45) is 29.6 Å². The molecule has 2 N–H and O–H groups in total. The molecule has 5 unspecified atom stereocenters. The molecule has 3 fully saturated rings. The van der Waals surface area contributed by atoms with Gasteiger partial charge in [-0.15, -0.1) is 0 Å². The fraction of sp³-hybridized carbons (Fsp3) is 0.769. The molecule has 4 bridgehead atoms. The molecule has 5 atom stereocenters. The Morgan fingerprint density at radius 2 is 1.14 bits per heavy atom. The van der Waals surface area contributed by atoms with E-state index in [1.54, 1.807) is 14.2 Å². The largest absolute Gasteiger partial charge is 0.505 e. The third-order valence-corrected chi connectivity index (χ3v) is 8.04. The Hall–Kier alpha value is -2.10. The zero-order valence-corrected chi connectivity index (χ0v) is 22.7. The maximum atomic E-state index is 12.6. The van der Waals surface area contributed by atoms with E-state index < -0.39 is 59.2 Å². The second-order valence-electron chi connectivity index (χ2n) is 10.4. The molecule has 16 heteroatoms. The summed E-state index contributed by atoms with van der Waals surface area (Å²) in [5.41, 5.74) is -10.1. The van der Waals surface area contributed by atoms with Crippen molar-refractivity contribution in [1.82, 2.24) is 0 Å². The number of fused-ring (bicyclic) bond motifs is 4. The van der Waals surface area contributed by atoms with Crippen LogP contribution >= 0.6 is 0 Å². The fourth-order valence-corrected chi connectivity index (χ4v) is 6.08. The zero-order valence-electron chi connectivity index (χ0n) is 22.7. The van der Waals surface area contributed by atoms with Crippen LogP contribution in [0.2, 0.25) is 0 Å². The van der Waals surface area contributed by atoms with Crippen LogP contribution in [0, 0.1) is 29.6 Å². The first-order valence-electron chi connectivity index (χ1n) is 12.7. The minimum Gasteiger partial charge on any atom is -0.505 e. The molecular formula is C26H34F12O4. The lowest BCUT2D eigenvalue weighted by Gasteiger charge is -2.40. The zero-order chi connectivity index (χ0) is 32.9. The topological polar surface area (TPSA) is 58.9 Å². The number of methoxy groups -OCH3 is 2. The highest BCUT2D eigenvalue weighted by atomic mass is 19.4. The normalized spacial score (nSPS) is 27.0. The van der Waals surface area contributed by atoms with Gasteiger partial charge >= 0.3 is 24.7 Å². The van der Waals surface area contributed by atoms with Crippen molar-refractivity contribution in [3.8, 4) is 0 Å². The molecule has 4 rings (SSSR count). The van der Waals surface area contributed by atoms with E-state index in [1.807, 2.05) is 0 Å². The highest BCUT2D eigenvalue weighted by Gasteiger charge is 2.76. The summed E-state index contributed by atoms with van der Waals surface area (Å²) in [6.07, 6.45) is -16.7. The maximum absolute atomic E-state index is 12.6. The summed E-state index contributed by atoms with van der Waals surface area (Å²) in [7, 11) is 3.12. The van der Waals surface area contributed by atoms with E-state index >= 15 is 0 Å². The Labute approximate surface area is 235 Å². The number of hydrogen-bond donors (Lipinski definition) is 2. The van der Waals surface area contributed by atoms with E-state index in [9.17, 15) is 62.9 Å². The van der Waals surface area contributed by atoms with Gasteiger partial charge in [-0.3, -0.25) is 0 Å². The molecule has 246 valence electrons. The standard InChI is InChI=1S/C10H12F6O.C10H10F6O.2C3H6O/c2*11-9(12,13)8(17,10(14,15)16)7-4-5-1-2-6(7)3-5;2*1-3-4-2/h5-7,17H,1-4H2;4-6,17H,1-3H2;2*3H,1H2,2H3. The second kappa shape index (κ2) is 13.7. The molecule has 4 aliphatic carbocycles. The lowest BCUT2D eigenvalue weighted by atomic mass is 9.75. The molecule has 0 aliphatic heterocycles. The van der Waals surface area contributed by atoms with Crippen LogP contribution in [-0.2, 0) is 9.47 Å². The lowest BCUT2D eigenvalue weighted by molar-refractivity contribution is -0.388. The van der Waals surface area contributed by atoms with Crippen LogP contribution in [0.15, 0.2) is 37.3 Å². The van der Waals surface area contributed by atoms with Gasteiger partial charge in [0.1, 0.15) is 0 Å². The van der Waals surface area contributed by atoms with E-state index in [0.717, 1.165) is 6.08 Å². The number of aliphatic hydroxyl groups is 2. The third kappa shape index (κ3) is 7.69. The van der Waals surface area contributed by atoms with E-state index in [-0.39, 0.29) is 31.1 Å². The van der Waals surface area contributed by atoms with Gasteiger partial charge in [0, 0.05) is 5.92 Å². The minimum atomic E-state index is -5.73. The van der Waals surface area contributed by atoms with Crippen LogP contribution in [0.5, 0.6) is 0 Å². The predicted molar refractivity (Wildman–Crippen MR) is 126 cm³/mol. The van der Waals surface area contributed by atoms with E-state index in [1.165, 1.54) is 12.5 Å². The maximum Gasteiger partial charge on any atom is 0.430 e. The molecule has 0 aromatic rings. The van der Waals surface area contributed by atoms with Crippen LogP contribution in [0.25, 0.3) is 0 Å². The molecule has 0 radical (unpaired) electrons. The quantitative estimate of drug-likeness (QED) is 0.186. The summed E-state index contributed by atoms with van der Waals surface area (Å²) >= 11 is 0. The molecule has 0 heterocycles. The predicted octanol–water partition coefficient (Wildman–Crippen LogP) is 8.03. The van der Waals surface area contributed by atoms with Crippen LogP contribution in [0.1, 0.15) is 44.9 Å². The summed E-state index contributed by atoms with van der Waals surface area (Å²) < 4.78 is 160. The van der Waals surface area contributed by atoms with Gasteiger partial charge < -0.3 is 19.7 Å². The van der Waals surface area contributed by atoms with Crippen molar-refractivity contribution in [3.05, 3.63) is 37.3 Å². The lowest BCUT2D eigenvalue weighted by Crippen LogP contribution is -2.62. The van der Waals surface area contributed by atoms with Crippen molar-refractivity contribution >= 4 is 0 Å². The molecule has 0 aromatic carbocycles. The number of alkyl halides is 12. The first-order valence-corrected chi connectivity index (χ1v) is 12.7. The summed E-state index contributed by atoms with van der Waals surface area (Å²) in [5.74, 6) is -3.55. The van der Waals surface area contributed by atoms with E-state index in [0.29, 0.717) is 25.7 Å². The number of ether oxygens (including phenoxy) is 2. The Morgan fingerprint density at radius 1 is 0.690 bits per heavy atom. The average Bonchev–Trinajstić information content (AvgIpc) is 3.68. The van der Waals surface area contributed by atoms with Crippen molar-refractivity contribution in [2.45, 2.75) is 80.9 Å². The van der Waals surface area contributed by atoms with Crippen LogP contribution in [0.4, 0.5) is 52.7 Å². The molecule has 4 nitrogen and oxygen atoms in total. The summed E-state index contributed by atoms with van der Waals surface area (Å²) in [6.45, 7) is 6.51. The first-order chi connectivity index (χ1) is 19.0. The first kappa shape index (κ1) is 37.9. The van der Waals surface area contributed by atoms with Gasteiger partial charge in [0.2, 0.25) is 0 Å². The van der Waals surface area contributed by atoms with E-state index in [2.05, 4.69) is 22.6 Å². The van der Waals surface area contributed by atoms with Crippen LogP contribution in [0.3, 0.4) is 0 Å². The van der Waals surface area contributed by atoms with Gasteiger partial charge in [-0.05, 0) is 67.8 Å². The Bertz CT molecular complexity index is 884. The Morgan fingerprint density at radius 3 is 1.38 bits per heavy atom. The number of hydrogen-bond acceptors (Lipinski definition) is 4. The Balaban J connectivity index is 0.000000336. The van der Waals surface area contributed by atoms with Gasteiger partial charge in [0.05, 0.1) is 26.7 Å². The Kier molecular flexibility index (Phi) is 12.4. The fourth-order valence-electron chi connectivity index (χ4n) is 6.08. The van der Waals surface area contributed by atoms with Gasteiger partial charge in [-0.25, -0.2) is 0 Å². The molecule has 42 heavy (non-hydrogen) atoms. The monoisotopic (exact) mass is 638 g/mol.